The summed E-state index contributed by atoms with van der Waals surface area (Å²) in [6.07, 6.45) is 6.47. The van der Waals surface area contributed by atoms with Crippen LogP contribution in [0.1, 0.15) is 50.7 Å². The normalized spacial score (nSPS) is 11.0. The van der Waals surface area contributed by atoms with Gasteiger partial charge < -0.3 is 9.47 Å². The van der Waals surface area contributed by atoms with Crippen LogP contribution in [-0.2, 0) is 0 Å². The number of unbranched alkanes of at least 4 members (excludes halogenated alkanes) is 3. The third kappa shape index (κ3) is 5.97. The van der Waals surface area contributed by atoms with Crippen molar-refractivity contribution >= 4 is 11.6 Å². The molecule has 2 rings (SSSR count). The predicted octanol–water partition coefficient (Wildman–Crippen LogP) is 6.11. The minimum Gasteiger partial charge on any atom is -0.494 e. The minimum atomic E-state index is 0.586. The van der Waals surface area contributed by atoms with E-state index in [2.05, 4.69) is 13.0 Å². The summed E-state index contributed by atoms with van der Waals surface area (Å²) < 4.78 is 11.6. The van der Waals surface area contributed by atoms with E-state index in [1.807, 2.05) is 61.5 Å². The van der Waals surface area contributed by atoms with Crippen LogP contribution in [0, 0.1) is 11.3 Å². The average molecular weight is 349 g/mol. The third-order valence-corrected chi connectivity index (χ3v) is 4.04. The van der Waals surface area contributed by atoms with Gasteiger partial charge in [-0.25, -0.2) is 0 Å². The van der Waals surface area contributed by atoms with E-state index < -0.39 is 0 Å². The fourth-order valence-electron chi connectivity index (χ4n) is 2.70. The van der Waals surface area contributed by atoms with E-state index >= 15 is 0 Å². The molecule has 0 atom stereocenters. The van der Waals surface area contributed by atoms with Gasteiger partial charge in [-0.05, 0) is 37.1 Å². The van der Waals surface area contributed by atoms with Crippen molar-refractivity contribution in [2.75, 3.05) is 13.2 Å². The molecule has 2 aromatic carbocycles. The first-order valence-electron chi connectivity index (χ1n) is 9.35. The second-order valence-electron chi connectivity index (χ2n) is 6.08. The molecule has 26 heavy (non-hydrogen) atoms. The lowest BCUT2D eigenvalue weighted by Crippen LogP contribution is -2.01. The van der Waals surface area contributed by atoms with Crippen LogP contribution in [0.3, 0.4) is 0 Å². The first-order chi connectivity index (χ1) is 12.8. The summed E-state index contributed by atoms with van der Waals surface area (Å²) in [7, 11) is 0. The van der Waals surface area contributed by atoms with Crippen LogP contribution in [0.25, 0.3) is 11.6 Å². The van der Waals surface area contributed by atoms with Gasteiger partial charge in [0.2, 0.25) is 0 Å². The maximum Gasteiger partial charge on any atom is 0.131 e. The van der Waals surface area contributed by atoms with Crippen molar-refractivity contribution in [2.45, 2.75) is 39.5 Å². The number of ether oxygens (including phenoxy) is 2. The zero-order valence-electron chi connectivity index (χ0n) is 15.7. The Morgan fingerprint density at radius 2 is 1.81 bits per heavy atom. The lowest BCUT2D eigenvalue weighted by Gasteiger charge is -2.13. The summed E-state index contributed by atoms with van der Waals surface area (Å²) in [6, 6.07) is 17.8. The van der Waals surface area contributed by atoms with E-state index in [0.717, 1.165) is 29.7 Å². The molecule has 0 aromatic heterocycles. The Balaban J connectivity index is 2.26. The molecular weight excluding hydrogens is 322 g/mol. The lowest BCUT2D eigenvalue weighted by atomic mass is 10.0. The summed E-state index contributed by atoms with van der Waals surface area (Å²) in [5.41, 5.74) is 2.38. The molecule has 0 radical (unpaired) electrons. The molecule has 0 spiro atoms. The number of benzene rings is 2. The zero-order chi connectivity index (χ0) is 18.6. The minimum absolute atomic E-state index is 0.586. The van der Waals surface area contributed by atoms with Crippen molar-refractivity contribution < 1.29 is 9.47 Å². The molecule has 3 heteroatoms. The summed E-state index contributed by atoms with van der Waals surface area (Å²) in [6.45, 7) is 5.39. The van der Waals surface area contributed by atoms with Gasteiger partial charge in [-0.1, -0.05) is 56.5 Å². The first-order valence-corrected chi connectivity index (χ1v) is 9.35. The van der Waals surface area contributed by atoms with Crippen molar-refractivity contribution in [1.82, 2.24) is 0 Å². The summed E-state index contributed by atoms with van der Waals surface area (Å²) >= 11 is 0. The van der Waals surface area contributed by atoms with Crippen LogP contribution >= 0.6 is 0 Å². The Bertz CT molecular complexity index is 745. The largest absolute Gasteiger partial charge is 0.494 e. The van der Waals surface area contributed by atoms with Gasteiger partial charge in [0.15, 0.2) is 0 Å². The third-order valence-electron chi connectivity index (χ3n) is 4.04. The van der Waals surface area contributed by atoms with Crippen LogP contribution < -0.4 is 9.47 Å². The number of allylic oxidation sites excluding steroid dienone is 1. The van der Waals surface area contributed by atoms with E-state index in [4.69, 9.17) is 9.47 Å². The second kappa shape index (κ2) is 11.0. The summed E-state index contributed by atoms with van der Waals surface area (Å²) in [5, 5.41) is 9.67. The van der Waals surface area contributed by atoms with E-state index in [0.29, 0.717) is 24.5 Å². The fourth-order valence-corrected chi connectivity index (χ4v) is 2.70. The van der Waals surface area contributed by atoms with Crippen molar-refractivity contribution in [3.8, 4) is 17.6 Å². The average Bonchev–Trinajstić information content (AvgIpc) is 2.67. The number of nitriles is 1. The highest BCUT2D eigenvalue weighted by Crippen LogP contribution is 2.31. The Morgan fingerprint density at radius 1 is 1.00 bits per heavy atom. The lowest BCUT2D eigenvalue weighted by molar-refractivity contribution is 0.298. The molecule has 0 aliphatic rings. The summed E-state index contributed by atoms with van der Waals surface area (Å²) in [5.74, 6) is 1.47. The smallest absolute Gasteiger partial charge is 0.131 e. The molecule has 3 nitrogen and oxygen atoms in total. The first kappa shape index (κ1) is 19.6. The molecule has 2 aromatic rings. The van der Waals surface area contributed by atoms with Crippen LogP contribution in [0.4, 0.5) is 0 Å². The Morgan fingerprint density at radius 3 is 2.50 bits per heavy atom. The standard InChI is InChI=1S/C23H27NO2/c1-3-5-6-10-15-26-23-17-21(25-4-2)13-14-22(23)20(18-24)16-19-11-8-7-9-12-19/h7-9,11-14,16-17H,3-6,10,15H2,1-2H3. The SMILES string of the molecule is CCCCCCOc1cc(OCC)ccc1C(C#N)=Cc1ccccc1. The van der Waals surface area contributed by atoms with Gasteiger partial charge in [0.1, 0.15) is 11.5 Å². The molecule has 0 saturated heterocycles. The zero-order valence-corrected chi connectivity index (χ0v) is 15.7. The van der Waals surface area contributed by atoms with Crippen LogP contribution in [0.15, 0.2) is 48.5 Å². The molecule has 0 saturated carbocycles. The van der Waals surface area contributed by atoms with Crippen molar-refractivity contribution in [1.29, 1.82) is 5.26 Å². The maximum atomic E-state index is 9.67. The van der Waals surface area contributed by atoms with Gasteiger partial charge in [0.25, 0.3) is 0 Å². The molecule has 0 amide bonds. The molecular formula is C23H27NO2. The molecule has 136 valence electrons. The van der Waals surface area contributed by atoms with Crippen molar-refractivity contribution in [3.63, 3.8) is 0 Å². The van der Waals surface area contributed by atoms with E-state index in [1.165, 1.54) is 12.8 Å². The van der Waals surface area contributed by atoms with Gasteiger partial charge >= 0.3 is 0 Å². The summed E-state index contributed by atoms with van der Waals surface area (Å²) in [4.78, 5) is 0. The highest BCUT2D eigenvalue weighted by atomic mass is 16.5. The van der Waals surface area contributed by atoms with Crippen LogP contribution in [-0.4, -0.2) is 13.2 Å². The van der Waals surface area contributed by atoms with E-state index in [-0.39, 0.29) is 0 Å². The second-order valence-corrected chi connectivity index (χ2v) is 6.08. The monoisotopic (exact) mass is 349 g/mol. The van der Waals surface area contributed by atoms with Gasteiger partial charge in [-0.15, -0.1) is 0 Å². The van der Waals surface area contributed by atoms with Crippen LogP contribution in [0.2, 0.25) is 0 Å². The van der Waals surface area contributed by atoms with Gasteiger partial charge in [0.05, 0.1) is 24.9 Å². The van der Waals surface area contributed by atoms with Crippen molar-refractivity contribution in [2.24, 2.45) is 0 Å². The van der Waals surface area contributed by atoms with Crippen molar-refractivity contribution in [3.05, 3.63) is 59.7 Å². The number of nitrogens with zero attached hydrogens (tertiary/aromatic N) is 1. The highest BCUT2D eigenvalue weighted by Gasteiger charge is 2.11. The number of hydrogen-bond donors (Lipinski definition) is 0. The van der Waals surface area contributed by atoms with E-state index in [9.17, 15) is 5.26 Å². The van der Waals surface area contributed by atoms with Crippen LogP contribution in [0.5, 0.6) is 11.5 Å². The highest BCUT2D eigenvalue weighted by molar-refractivity contribution is 5.91. The predicted molar refractivity (Wildman–Crippen MR) is 107 cm³/mol. The Labute approximate surface area is 156 Å². The van der Waals surface area contributed by atoms with Gasteiger partial charge in [-0.2, -0.15) is 5.26 Å². The maximum absolute atomic E-state index is 9.67. The Hall–Kier alpha value is -2.73. The van der Waals surface area contributed by atoms with E-state index in [1.54, 1.807) is 0 Å². The molecule has 0 N–H and O–H groups in total. The topological polar surface area (TPSA) is 42.2 Å². The van der Waals surface area contributed by atoms with Gasteiger partial charge in [-0.3, -0.25) is 0 Å². The molecule has 0 aliphatic carbocycles. The quantitative estimate of drug-likeness (QED) is 0.295. The molecule has 0 bridgehead atoms. The molecule has 0 fully saturated rings. The number of rotatable bonds is 10. The number of hydrogen-bond acceptors (Lipinski definition) is 3. The molecule has 0 unspecified atom stereocenters. The van der Waals surface area contributed by atoms with Gasteiger partial charge in [0, 0.05) is 11.6 Å². The molecule has 0 heterocycles. The molecule has 0 aliphatic heterocycles. The Kier molecular flexibility index (Phi) is 8.29. The fraction of sp³-hybridized carbons (Fsp3) is 0.348.